The van der Waals surface area contributed by atoms with E-state index >= 15 is 0 Å². The average Bonchev–Trinajstić information content (AvgIpc) is 2.04. The molecule has 12 heavy (non-hydrogen) atoms. The van der Waals surface area contributed by atoms with Crippen LogP contribution in [0.1, 0.15) is 10.4 Å². The smallest absolute Gasteiger partial charge is 0.254 e. The Morgan fingerprint density at radius 3 is 2.67 bits per heavy atom. The summed E-state index contributed by atoms with van der Waals surface area (Å²) in [6.07, 6.45) is 0. The van der Waals surface area contributed by atoms with Crippen LogP contribution in [0.4, 0.5) is 0 Å². The van der Waals surface area contributed by atoms with Crippen LogP contribution < -0.4 is 4.74 Å². The zero-order valence-electron chi connectivity index (χ0n) is 6.30. The zero-order valence-corrected chi connectivity index (χ0v) is 7.82. The van der Waals surface area contributed by atoms with Gasteiger partial charge in [0, 0.05) is 0 Å². The lowest BCUT2D eigenvalue weighted by atomic mass is 10.2. The molecule has 0 heterocycles. The van der Waals surface area contributed by atoms with Crippen LogP contribution in [0.25, 0.3) is 0 Å². The zero-order chi connectivity index (χ0) is 9.14. The molecule has 0 aliphatic carbocycles. The predicted octanol–water partition coefficient (Wildman–Crippen LogP) is 2.73. The largest absolute Gasteiger partial charge is 0.495 e. The number of benzene rings is 1. The molecule has 0 amide bonds. The van der Waals surface area contributed by atoms with Gasteiger partial charge < -0.3 is 4.74 Å². The molecule has 0 unspecified atom stereocenters. The fraction of sp³-hybridized carbons (Fsp3) is 0.125. The molecule has 0 aromatic heterocycles. The van der Waals surface area contributed by atoms with Gasteiger partial charge in [-0.1, -0.05) is 17.7 Å². The molecule has 0 radical (unpaired) electrons. The van der Waals surface area contributed by atoms with Gasteiger partial charge in [0.1, 0.15) is 5.75 Å². The summed E-state index contributed by atoms with van der Waals surface area (Å²) in [5.74, 6) is 0.447. The van der Waals surface area contributed by atoms with E-state index in [4.69, 9.17) is 27.9 Å². The van der Waals surface area contributed by atoms with Crippen LogP contribution in [-0.4, -0.2) is 12.4 Å². The first-order valence-electron chi connectivity index (χ1n) is 3.19. The summed E-state index contributed by atoms with van der Waals surface area (Å²) in [7, 11) is 1.48. The van der Waals surface area contributed by atoms with Crippen molar-refractivity contribution in [2.75, 3.05) is 7.11 Å². The van der Waals surface area contributed by atoms with E-state index in [1.807, 2.05) is 0 Å². The molecular weight excluding hydrogens is 199 g/mol. The van der Waals surface area contributed by atoms with Crippen LogP contribution in [0.15, 0.2) is 18.2 Å². The third-order valence-corrected chi connectivity index (χ3v) is 1.99. The summed E-state index contributed by atoms with van der Waals surface area (Å²) >= 11 is 11.0. The molecule has 0 saturated carbocycles. The molecule has 0 aliphatic heterocycles. The number of hydrogen-bond acceptors (Lipinski definition) is 2. The van der Waals surface area contributed by atoms with E-state index in [0.717, 1.165) is 0 Å². The van der Waals surface area contributed by atoms with Gasteiger partial charge in [-0.2, -0.15) is 0 Å². The molecule has 0 fully saturated rings. The maximum Gasteiger partial charge on any atom is 0.254 e. The van der Waals surface area contributed by atoms with Crippen LogP contribution in [0, 0.1) is 0 Å². The summed E-state index contributed by atoms with van der Waals surface area (Å²) in [5, 5.41) is -0.334. The summed E-state index contributed by atoms with van der Waals surface area (Å²) in [6.45, 7) is 0. The van der Waals surface area contributed by atoms with Crippen LogP contribution in [0.3, 0.4) is 0 Å². The molecule has 0 saturated heterocycles. The topological polar surface area (TPSA) is 26.3 Å². The highest BCUT2D eigenvalue weighted by Gasteiger charge is 2.10. The number of carbonyl (C=O) groups excluding carboxylic acids is 1. The van der Waals surface area contributed by atoms with Crippen molar-refractivity contribution in [3.63, 3.8) is 0 Å². The van der Waals surface area contributed by atoms with Crippen LogP contribution in [0.2, 0.25) is 5.02 Å². The fourth-order valence-corrected chi connectivity index (χ4v) is 1.32. The van der Waals surface area contributed by atoms with Gasteiger partial charge in [-0.05, 0) is 23.7 Å². The van der Waals surface area contributed by atoms with E-state index in [-0.39, 0.29) is 10.6 Å². The van der Waals surface area contributed by atoms with Gasteiger partial charge in [-0.15, -0.1) is 0 Å². The summed E-state index contributed by atoms with van der Waals surface area (Å²) < 4.78 is 4.89. The molecule has 4 heteroatoms. The molecule has 64 valence electrons. The summed E-state index contributed by atoms with van der Waals surface area (Å²) in [4.78, 5) is 10.8. The Kier molecular flexibility index (Phi) is 2.95. The highest BCUT2D eigenvalue weighted by atomic mass is 35.5. The minimum absolute atomic E-state index is 0.250. The Morgan fingerprint density at radius 2 is 2.17 bits per heavy atom. The lowest BCUT2D eigenvalue weighted by Crippen LogP contribution is -1.92. The molecule has 0 atom stereocenters. The normalized spacial score (nSPS) is 9.58. The van der Waals surface area contributed by atoms with Crippen LogP contribution >= 0.6 is 23.2 Å². The maximum absolute atomic E-state index is 10.8. The second kappa shape index (κ2) is 3.78. The minimum atomic E-state index is -0.584. The maximum atomic E-state index is 10.8. The van der Waals surface area contributed by atoms with Crippen molar-refractivity contribution in [2.45, 2.75) is 0 Å². The van der Waals surface area contributed by atoms with Gasteiger partial charge in [0.05, 0.1) is 17.7 Å². The number of methoxy groups -OCH3 is 1. The first-order chi connectivity index (χ1) is 5.66. The first kappa shape index (κ1) is 9.36. The SMILES string of the molecule is COc1cccc(C(=O)Cl)c1Cl. The Hall–Kier alpha value is -0.730. The predicted molar refractivity (Wildman–Crippen MR) is 48.2 cm³/mol. The van der Waals surface area contributed by atoms with E-state index in [1.54, 1.807) is 18.2 Å². The van der Waals surface area contributed by atoms with E-state index in [2.05, 4.69) is 0 Å². The lowest BCUT2D eigenvalue weighted by molar-refractivity contribution is 0.108. The molecule has 0 aliphatic rings. The van der Waals surface area contributed by atoms with Crippen molar-refractivity contribution in [1.82, 2.24) is 0 Å². The second-order valence-corrected chi connectivity index (χ2v) is 2.82. The Bertz CT molecular complexity index is 310. The van der Waals surface area contributed by atoms with Gasteiger partial charge in [0.25, 0.3) is 5.24 Å². The summed E-state index contributed by atoms with van der Waals surface area (Å²) in [5.41, 5.74) is 0.262. The molecule has 0 N–H and O–H groups in total. The molecule has 1 aromatic rings. The standard InChI is InChI=1S/C8H6Cl2O2/c1-12-6-4-2-3-5(7(6)9)8(10)11/h2-4H,1H3. The van der Waals surface area contributed by atoms with Gasteiger partial charge in [0.15, 0.2) is 0 Å². The highest BCUT2D eigenvalue weighted by Crippen LogP contribution is 2.28. The highest BCUT2D eigenvalue weighted by molar-refractivity contribution is 6.68. The molecular formula is C8H6Cl2O2. The monoisotopic (exact) mass is 204 g/mol. The second-order valence-electron chi connectivity index (χ2n) is 2.10. The van der Waals surface area contributed by atoms with Crippen LogP contribution in [-0.2, 0) is 0 Å². The van der Waals surface area contributed by atoms with Gasteiger partial charge >= 0.3 is 0 Å². The van der Waals surface area contributed by atoms with Crippen molar-refractivity contribution in [3.8, 4) is 5.75 Å². The molecule has 1 rings (SSSR count). The van der Waals surface area contributed by atoms with E-state index < -0.39 is 5.24 Å². The van der Waals surface area contributed by atoms with Gasteiger partial charge in [0.2, 0.25) is 0 Å². The third-order valence-electron chi connectivity index (χ3n) is 1.39. The van der Waals surface area contributed by atoms with Crippen molar-refractivity contribution in [1.29, 1.82) is 0 Å². The van der Waals surface area contributed by atoms with Crippen molar-refractivity contribution in [3.05, 3.63) is 28.8 Å². The molecule has 0 spiro atoms. The van der Waals surface area contributed by atoms with E-state index in [1.165, 1.54) is 7.11 Å². The third kappa shape index (κ3) is 1.71. The number of halogens is 2. The Morgan fingerprint density at radius 1 is 1.50 bits per heavy atom. The van der Waals surface area contributed by atoms with Crippen LogP contribution in [0.5, 0.6) is 5.75 Å². The first-order valence-corrected chi connectivity index (χ1v) is 3.94. The minimum Gasteiger partial charge on any atom is -0.495 e. The van der Waals surface area contributed by atoms with Gasteiger partial charge in [-0.3, -0.25) is 4.79 Å². The number of carbonyl (C=O) groups is 1. The summed E-state index contributed by atoms with van der Waals surface area (Å²) in [6, 6.07) is 4.85. The van der Waals surface area contributed by atoms with Crippen molar-refractivity contribution >= 4 is 28.4 Å². The lowest BCUT2D eigenvalue weighted by Gasteiger charge is -2.04. The average molecular weight is 205 g/mol. The molecule has 1 aromatic carbocycles. The molecule has 0 bridgehead atoms. The quantitative estimate of drug-likeness (QED) is 0.693. The van der Waals surface area contributed by atoms with Gasteiger partial charge in [-0.25, -0.2) is 0 Å². The number of hydrogen-bond donors (Lipinski definition) is 0. The number of rotatable bonds is 2. The Labute approximate surface area is 80.0 Å². The fourth-order valence-electron chi connectivity index (χ4n) is 0.820. The van der Waals surface area contributed by atoms with E-state index in [0.29, 0.717) is 5.75 Å². The number of ether oxygens (including phenoxy) is 1. The Balaban J connectivity index is 3.23. The van der Waals surface area contributed by atoms with E-state index in [9.17, 15) is 4.79 Å². The molecule has 2 nitrogen and oxygen atoms in total. The van der Waals surface area contributed by atoms with Crippen molar-refractivity contribution in [2.24, 2.45) is 0 Å². The van der Waals surface area contributed by atoms with Crippen molar-refractivity contribution < 1.29 is 9.53 Å².